The van der Waals surface area contributed by atoms with Gasteiger partial charge in [0.2, 0.25) is 5.91 Å². The van der Waals surface area contributed by atoms with Crippen molar-refractivity contribution >= 4 is 18.1 Å². The number of nitrogens with one attached hydrogen (secondary N) is 3. The van der Waals surface area contributed by atoms with E-state index < -0.39 is 42.5 Å². The van der Waals surface area contributed by atoms with Gasteiger partial charge in [-0.1, -0.05) is 71.9 Å². The molecule has 2 rings (SSSR count). The molecule has 3 amide bonds. The molecule has 4 N–H and O–H groups in total. The van der Waals surface area contributed by atoms with Crippen molar-refractivity contribution in [2.24, 2.45) is 17.8 Å². The molecule has 36 heavy (non-hydrogen) atoms. The SMILES string of the molecule is CC(C)C[C@H](NC(=O)OCc1ccccc1)C(=O)N[C@@H](CC(C)C)C(O)C1NN(CC(C)C)C(=O)O1. The fourth-order valence-electron chi connectivity index (χ4n) is 3.94. The minimum absolute atomic E-state index is 0.0863. The van der Waals surface area contributed by atoms with Crippen LogP contribution in [0.5, 0.6) is 0 Å². The fraction of sp³-hybridized carbons (Fsp3) is 0.654. The van der Waals surface area contributed by atoms with Gasteiger partial charge in [-0.3, -0.25) is 4.79 Å². The third-order valence-corrected chi connectivity index (χ3v) is 5.58. The number of benzene rings is 1. The normalized spacial score (nSPS) is 18.2. The molecule has 1 fully saturated rings. The van der Waals surface area contributed by atoms with E-state index in [2.05, 4.69) is 16.1 Å². The summed E-state index contributed by atoms with van der Waals surface area (Å²) in [5.74, 6) is 0.0249. The number of hydrazine groups is 1. The van der Waals surface area contributed by atoms with Crippen LogP contribution in [-0.4, -0.2) is 59.2 Å². The van der Waals surface area contributed by atoms with Crippen LogP contribution in [0.4, 0.5) is 9.59 Å². The standard InChI is InChI=1S/C26H42N4O6/c1-16(2)12-20(22(31)24-29-30(14-18(5)6)26(34)36-24)27-23(32)21(13-17(3)4)28-25(33)35-15-19-10-8-7-9-11-19/h7-11,16-18,20-22,24,29,31H,12-15H2,1-6H3,(H,27,32)(H,28,33)/t20-,21-,22?,24?/m0/s1. The van der Waals surface area contributed by atoms with Crippen molar-refractivity contribution in [2.75, 3.05) is 6.54 Å². The minimum Gasteiger partial charge on any atom is -0.445 e. The number of cyclic esters (lactones) is 1. The Kier molecular flexibility index (Phi) is 11.5. The van der Waals surface area contributed by atoms with Crippen LogP contribution in [-0.2, 0) is 20.9 Å². The van der Waals surface area contributed by atoms with E-state index in [9.17, 15) is 19.5 Å². The topological polar surface area (TPSA) is 129 Å². The number of aliphatic hydroxyl groups excluding tert-OH is 1. The molecule has 10 nitrogen and oxygen atoms in total. The molecule has 2 unspecified atom stereocenters. The molecule has 1 aromatic carbocycles. The Balaban J connectivity index is 2.04. The molecule has 1 aliphatic rings. The third kappa shape index (κ3) is 9.66. The summed E-state index contributed by atoms with van der Waals surface area (Å²) in [7, 11) is 0. The molecular weight excluding hydrogens is 464 g/mol. The molecule has 0 aromatic heterocycles. The lowest BCUT2D eigenvalue weighted by Crippen LogP contribution is -2.57. The smallest absolute Gasteiger partial charge is 0.426 e. The lowest BCUT2D eigenvalue weighted by atomic mass is 9.96. The molecule has 0 saturated carbocycles. The Bertz CT molecular complexity index is 848. The van der Waals surface area contributed by atoms with Gasteiger partial charge in [0.1, 0.15) is 18.8 Å². The highest BCUT2D eigenvalue weighted by atomic mass is 16.6. The van der Waals surface area contributed by atoms with Gasteiger partial charge < -0.3 is 25.2 Å². The second kappa shape index (κ2) is 14.0. The lowest BCUT2D eigenvalue weighted by molar-refractivity contribution is -0.126. The third-order valence-electron chi connectivity index (χ3n) is 5.58. The molecule has 0 bridgehead atoms. The van der Waals surface area contributed by atoms with E-state index in [4.69, 9.17) is 9.47 Å². The number of amides is 3. The summed E-state index contributed by atoms with van der Waals surface area (Å²) in [5, 5.41) is 17.9. The van der Waals surface area contributed by atoms with Gasteiger partial charge in [-0.15, -0.1) is 0 Å². The van der Waals surface area contributed by atoms with Gasteiger partial charge in [-0.25, -0.2) is 14.6 Å². The summed E-state index contributed by atoms with van der Waals surface area (Å²) in [6.45, 7) is 12.3. The predicted molar refractivity (Wildman–Crippen MR) is 135 cm³/mol. The van der Waals surface area contributed by atoms with Gasteiger partial charge in [-0.05, 0) is 36.2 Å². The van der Waals surface area contributed by atoms with Crippen molar-refractivity contribution in [1.29, 1.82) is 0 Å². The van der Waals surface area contributed by atoms with Crippen LogP contribution in [0.1, 0.15) is 59.9 Å². The second-order valence-electron chi connectivity index (χ2n) is 10.6. The molecular formula is C26H42N4O6. The first kappa shape index (κ1) is 29.4. The predicted octanol–water partition coefficient (Wildman–Crippen LogP) is 3.16. The molecule has 1 aliphatic heterocycles. The number of hydrogen-bond acceptors (Lipinski definition) is 7. The van der Waals surface area contributed by atoms with E-state index in [0.29, 0.717) is 19.4 Å². The molecule has 202 valence electrons. The Morgan fingerprint density at radius 1 is 1.03 bits per heavy atom. The van der Waals surface area contributed by atoms with Crippen LogP contribution >= 0.6 is 0 Å². The highest BCUT2D eigenvalue weighted by Crippen LogP contribution is 2.18. The maximum atomic E-state index is 13.2. The van der Waals surface area contributed by atoms with Gasteiger partial charge in [-0.2, -0.15) is 5.43 Å². The van der Waals surface area contributed by atoms with E-state index >= 15 is 0 Å². The Morgan fingerprint density at radius 3 is 2.25 bits per heavy atom. The van der Waals surface area contributed by atoms with Crippen molar-refractivity contribution < 1.29 is 29.0 Å². The monoisotopic (exact) mass is 506 g/mol. The first-order chi connectivity index (χ1) is 17.0. The number of nitrogens with zero attached hydrogens (tertiary/aromatic N) is 1. The van der Waals surface area contributed by atoms with Crippen LogP contribution in [0.2, 0.25) is 0 Å². The van der Waals surface area contributed by atoms with Gasteiger partial charge >= 0.3 is 12.2 Å². The van der Waals surface area contributed by atoms with Crippen LogP contribution in [0.15, 0.2) is 30.3 Å². The maximum absolute atomic E-state index is 13.2. The van der Waals surface area contributed by atoms with Crippen LogP contribution < -0.4 is 16.1 Å². The molecule has 4 atom stereocenters. The highest BCUT2D eigenvalue weighted by molar-refractivity contribution is 5.85. The average Bonchev–Trinajstić information content (AvgIpc) is 3.15. The Labute approximate surface area is 214 Å². The van der Waals surface area contributed by atoms with Crippen molar-refractivity contribution in [3.8, 4) is 0 Å². The first-order valence-electron chi connectivity index (χ1n) is 12.7. The second-order valence-corrected chi connectivity index (χ2v) is 10.6. The molecule has 0 spiro atoms. The van der Waals surface area contributed by atoms with E-state index in [1.807, 2.05) is 71.9 Å². The van der Waals surface area contributed by atoms with Crippen molar-refractivity contribution in [3.05, 3.63) is 35.9 Å². The largest absolute Gasteiger partial charge is 0.445 e. The fourth-order valence-corrected chi connectivity index (χ4v) is 3.94. The maximum Gasteiger partial charge on any atom is 0.426 e. The Morgan fingerprint density at radius 2 is 1.67 bits per heavy atom. The zero-order valence-corrected chi connectivity index (χ0v) is 22.2. The van der Waals surface area contributed by atoms with E-state index in [1.54, 1.807) is 0 Å². The van der Waals surface area contributed by atoms with E-state index in [0.717, 1.165) is 5.56 Å². The summed E-state index contributed by atoms with van der Waals surface area (Å²) in [6.07, 6.45) is -2.62. The van der Waals surface area contributed by atoms with Crippen molar-refractivity contribution in [1.82, 2.24) is 21.1 Å². The summed E-state index contributed by atoms with van der Waals surface area (Å²) in [5.41, 5.74) is 3.73. The van der Waals surface area contributed by atoms with Gasteiger partial charge in [0.05, 0.1) is 6.04 Å². The number of carbonyl (C=O) groups excluding carboxylic acids is 3. The first-order valence-corrected chi connectivity index (χ1v) is 12.7. The number of hydrogen-bond donors (Lipinski definition) is 4. The zero-order chi connectivity index (χ0) is 26.8. The van der Waals surface area contributed by atoms with Crippen LogP contribution in [0.25, 0.3) is 0 Å². The Hall–Kier alpha value is -2.85. The number of alkyl carbamates (subject to hydrolysis) is 1. The van der Waals surface area contributed by atoms with E-state index in [1.165, 1.54) is 5.01 Å². The molecule has 1 heterocycles. The summed E-state index contributed by atoms with van der Waals surface area (Å²) < 4.78 is 10.6. The van der Waals surface area contributed by atoms with Gasteiger partial charge in [0.25, 0.3) is 0 Å². The quantitative estimate of drug-likeness (QED) is 0.323. The summed E-state index contributed by atoms with van der Waals surface area (Å²) >= 11 is 0. The number of carbonyl (C=O) groups is 3. The van der Waals surface area contributed by atoms with E-state index in [-0.39, 0.29) is 24.4 Å². The van der Waals surface area contributed by atoms with Crippen LogP contribution in [0, 0.1) is 17.8 Å². The van der Waals surface area contributed by atoms with Crippen LogP contribution in [0.3, 0.4) is 0 Å². The molecule has 10 heteroatoms. The van der Waals surface area contributed by atoms with Crippen molar-refractivity contribution in [3.63, 3.8) is 0 Å². The molecule has 0 radical (unpaired) electrons. The molecule has 0 aliphatic carbocycles. The lowest BCUT2D eigenvalue weighted by Gasteiger charge is -2.30. The van der Waals surface area contributed by atoms with Gasteiger partial charge in [0, 0.05) is 6.54 Å². The summed E-state index contributed by atoms with van der Waals surface area (Å²) in [4.78, 5) is 37.9. The molecule has 1 saturated heterocycles. The van der Waals surface area contributed by atoms with Gasteiger partial charge in [0.15, 0.2) is 6.23 Å². The number of rotatable bonds is 13. The average molecular weight is 507 g/mol. The molecule has 1 aromatic rings. The summed E-state index contributed by atoms with van der Waals surface area (Å²) in [6, 6.07) is 7.70. The number of ether oxygens (including phenoxy) is 2. The zero-order valence-electron chi connectivity index (χ0n) is 22.2. The van der Waals surface area contributed by atoms with Crippen molar-refractivity contribution in [2.45, 2.75) is 85.4 Å². The minimum atomic E-state index is -1.19. The number of aliphatic hydroxyl groups is 1. The highest BCUT2D eigenvalue weighted by Gasteiger charge is 2.40.